The van der Waals surface area contributed by atoms with Gasteiger partial charge in [0.15, 0.2) is 0 Å². The lowest BCUT2D eigenvalue weighted by atomic mass is 9.96. The third-order valence-corrected chi connectivity index (χ3v) is 2.33. The van der Waals surface area contributed by atoms with E-state index < -0.39 is 5.82 Å². The molecule has 70 valence electrons. The first kappa shape index (κ1) is 8.31. The monoisotopic (exact) mass is 182 g/mol. The topological polar surface area (TPSA) is 58.3 Å². The fraction of sp³-hybridized carbons (Fsp3) is 0.333. The second-order valence-electron chi connectivity index (χ2n) is 3.23. The minimum atomic E-state index is -0.404. The molecule has 13 heavy (non-hydrogen) atoms. The first-order valence-corrected chi connectivity index (χ1v) is 4.20. The molecular formula is C9H11FN2O. The quantitative estimate of drug-likeness (QED) is 0.451. The Labute approximate surface area is 75.4 Å². The van der Waals surface area contributed by atoms with Crippen LogP contribution in [0.15, 0.2) is 12.1 Å². The van der Waals surface area contributed by atoms with Gasteiger partial charge >= 0.3 is 0 Å². The third kappa shape index (κ3) is 1.33. The number of nitrogen functional groups attached to an aromatic ring is 1. The lowest BCUT2D eigenvalue weighted by Crippen LogP contribution is -2.35. The number of anilines is 1. The van der Waals surface area contributed by atoms with Gasteiger partial charge in [-0.25, -0.2) is 4.39 Å². The number of phenols is 1. The molecule has 0 bridgehead atoms. The molecule has 1 atom stereocenters. The number of nitrogens with one attached hydrogen (secondary N) is 1. The average Bonchev–Trinajstić information content (AvgIpc) is 1.95. The Hall–Kier alpha value is -1.29. The Morgan fingerprint density at radius 2 is 2.23 bits per heavy atom. The minimum absolute atomic E-state index is 0.00130. The molecule has 0 radical (unpaired) electrons. The zero-order valence-electron chi connectivity index (χ0n) is 7.05. The summed E-state index contributed by atoms with van der Waals surface area (Å²) in [6, 6.07) is 2.50. The first-order valence-electron chi connectivity index (χ1n) is 4.20. The van der Waals surface area contributed by atoms with Gasteiger partial charge in [0.1, 0.15) is 11.6 Å². The van der Waals surface area contributed by atoms with Crippen LogP contribution in [0.2, 0.25) is 0 Å². The summed E-state index contributed by atoms with van der Waals surface area (Å²) in [6.45, 7) is 0.903. The summed E-state index contributed by atoms with van der Waals surface area (Å²) >= 11 is 0. The summed E-state index contributed by atoms with van der Waals surface area (Å²) in [5.74, 6) is -0.405. The van der Waals surface area contributed by atoms with Crippen LogP contribution in [-0.4, -0.2) is 11.7 Å². The van der Waals surface area contributed by atoms with Crippen molar-refractivity contribution in [1.29, 1.82) is 0 Å². The molecule has 2 rings (SSSR count). The Morgan fingerprint density at radius 3 is 2.77 bits per heavy atom. The molecule has 1 fully saturated rings. The van der Waals surface area contributed by atoms with E-state index in [0.29, 0.717) is 5.56 Å². The Kier molecular flexibility index (Phi) is 1.84. The van der Waals surface area contributed by atoms with Crippen molar-refractivity contribution in [2.75, 3.05) is 12.3 Å². The van der Waals surface area contributed by atoms with Crippen molar-refractivity contribution in [3.63, 3.8) is 0 Å². The number of nitrogens with two attached hydrogens (primary N) is 1. The summed E-state index contributed by atoms with van der Waals surface area (Å²) < 4.78 is 12.9. The SMILES string of the molecule is Nc1cc(F)cc([C@@H]2CCN2)c1O. The molecule has 0 amide bonds. The van der Waals surface area contributed by atoms with Crippen LogP contribution < -0.4 is 11.1 Å². The van der Waals surface area contributed by atoms with Crippen LogP contribution in [0.1, 0.15) is 18.0 Å². The van der Waals surface area contributed by atoms with Crippen LogP contribution in [-0.2, 0) is 0 Å². The van der Waals surface area contributed by atoms with Gasteiger partial charge in [-0.3, -0.25) is 0 Å². The van der Waals surface area contributed by atoms with Gasteiger partial charge < -0.3 is 16.2 Å². The molecule has 1 saturated heterocycles. The van der Waals surface area contributed by atoms with E-state index in [1.807, 2.05) is 0 Å². The van der Waals surface area contributed by atoms with Gasteiger partial charge in [0.25, 0.3) is 0 Å². The number of hydrogen-bond donors (Lipinski definition) is 3. The van der Waals surface area contributed by atoms with Crippen molar-refractivity contribution in [1.82, 2.24) is 5.32 Å². The summed E-state index contributed by atoms with van der Waals surface area (Å²) in [4.78, 5) is 0. The van der Waals surface area contributed by atoms with Gasteiger partial charge in [0, 0.05) is 17.7 Å². The lowest BCUT2D eigenvalue weighted by molar-refractivity contribution is 0.363. The second-order valence-corrected chi connectivity index (χ2v) is 3.23. The Morgan fingerprint density at radius 1 is 1.54 bits per heavy atom. The highest BCUT2D eigenvalue weighted by molar-refractivity contribution is 5.57. The molecule has 4 heteroatoms. The van der Waals surface area contributed by atoms with Crippen LogP contribution >= 0.6 is 0 Å². The van der Waals surface area contributed by atoms with Crippen LogP contribution in [0.3, 0.4) is 0 Å². The first-order chi connectivity index (χ1) is 6.18. The van der Waals surface area contributed by atoms with Gasteiger partial charge in [-0.1, -0.05) is 0 Å². The molecule has 1 aliphatic rings. The van der Waals surface area contributed by atoms with Gasteiger partial charge in [-0.05, 0) is 19.0 Å². The Balaban J connectivity index is 2.42. The van der Waals surface area contributed by atoms with Crippen molar-refractivity contribution in [3.8, 4) is 5.75 Å². The molecule has 0 aromatic heterocycles. The van der Waals surface area contributed by atoms with Crippen molar-refractivity contribution in [2.45, 2.75) is 12.5 Å². The van der Waals surface area contributed by atoms with Gasteiger partial charge in [-0.15, -0.1) is 0 Å². The molecule has 0 spiro atoms. The third-order valence-electron chi connectivity index (χ3n) is 2.33. The van der Waals surface area contributed by atoms with Crippen molar-refractivity contribution >= 4 is 5.69 Å². The molecule has 1 heterocycles. The van der Waals surface area contributed by atoms with Gasteiger partial charge in [0.2, 0.25) is 0 Å². The van der Waals surface area contributed by atoms with Crippen LogP contribution in [0, 0.1) is 5.82 Å². The summed E-state index contributed by atoms with van der Waals surface area (Å²) in [5, 5.41) is 12.6. The standard InChI is InChI=1S/C9H11FN2O/c10-5-3-6(8-1-2-12-8)9(13)7(11)4-5/h3-4,8,12-13H,1-2,11H2/t8-/m0/s1. The maximum atomic E-state index is 12.9. The van der Waals surface area contributed by atoms with E-state index in [2.05, 4.69) is 5.32 Å². The van der Waals surface area contributed by atoms with Gasteiger partial charge in [-0.2, -0.15) is 0 Å². The number of phenolic OH excluding ortho intramolecular Hbond substituents is 1. The van der Waals surface area contributed by atoms with Crippen molar-refractivity contribution in [2.24, 2.45) is 0 Å². The number of benzene rings is 1. The summed E-state index contributed by atoms with van der Waals surface area (Å²) in [7, 11) is 0. The molecule has 0 unspecified atom stereocenters. The lowest BCUT2D eigenvalue weighted by Gasteiger charge is -2.28. The van der Waals surface area contributed by atoms with Crippen molar-refractivity contribution < 1.29 is 9.50 Å². The van der Waals surface area contributed by atoms with Crippen molar-refractivity contribution in [3.05, 3.63) is 23.5 Å². The second kappa shape index (κ2) is 2.88. The summed E-state index contributed by atoms with van der Waals surface area (Å²) in [6.07, 6.45) is 0.913. The minimum Gasteiger partial charge on any atom is -0.505 e. The highest BCUT2D eigenvalue weighted by atomic mass is 19.1. The number of hydrogen-bond acceptors (Lipinski definition) is 3. The molecule has 0 aliphatic carbocycles. The fourth-order valence-corrected chi connectivity index (χ4v) is 1.46. The predicted octanol–water partition coefficient (Wildman–Crippen LogP) is 1.15. The van der Waals surface area contributed by atoms with E-state index in [0.717, 1.165) is 19.0 Å². The fourth-order valence-electron chi connectivity index (χ4n) is 1.46. The van der Waals surface area contributed by atoms with E-state index in [1.165, 1.54) is 6.07 Å². The zero-order valence-corrected chi connectivity index (χ0v) is 7.05. The maximum absolute atomic E-state index is 12.9. The predicted molar refractivity (Wildman–Crippen MR) is 47.8 cm³/mol. The van der Waals surface area contributed by atoms with E-state index in [1.54, 1.807) is 0 Å². The van der Waals surface area contributed by atoms with Crippen LogP contribution in [0.25, 0.3) is 0 Å². The van der Waals surface area contributed by atoms with Crippen LogP contribution in [0.5, 0.6) is 5.75 Å². The smallest absolute Gasteiger partial charge is 0.143 e. The molecular weight excluding hydrogens is 171 g/mol. The largest absolute Gasteiger partial charge is 0.505 e. The van der Waals surface area contributed by atoms with Gasteiger partial charge in [0.05, 0.1) is 5.69 Å². The molecule has 4 N–H and O–H groups in total. The zero-order chi connectivity index (χ0) is 9.42. The molecule has 1 aromatic rings. The Bertz CT molecular complexity index is 337. The van der Waals surface area contributed by atoms with E-state index in [9.17, 15) is 9.50 Å². The van der Waals surface area contributed by atoms with E-state index in [4.69, 9.17) is 5.73 Å². The normalized spacial score (nSPS) is 21.2. The maximum Gasteiger partial charge on any atom is 0.143 e. The number of halogens is 1. The molecule has 3 nitrogen and oxygen atoms in total. The average molecular weight is 182 g/mol. The highest BCUT2D eigenvalue weighted by Crippen LogP contribution is 2.34. The van der Waals surface area contributed by atoms with E-state index >= 15 is 0 Å². The highest BCUT2D eigenvalue weighted by Gasteiger charge is 2.23. The molecule has 1 aliphatic heterocycles. The number of aromatic hydroxyl groups is 1. The molecule has 1 aromatic carbocycles. The van der Waals surface area contributed by atoms with E-state index in [-0.39, 0.29) is 17.5 Å². The number of rotatable bonds is 1. The molecule has 0 saturated carbocycles. The summed E-state index contributed by atoms with van der Waals surface area (Å²) in [5.41, 5.74) is 6.08. The van der Waals surface area contributed by atoms with Crippen LogP contribution in [0.4, 0.5) is 10.1 Å².